The van der Waals surface area contributed by atoms with Gasteiger partial charge in [0.2, 0.25) is 11.8 Å². The van der Waals surface area contributed by atoms with Crippen molar-refractivity contribution in [3.8, 4) is 0 Å². The Morgan fingerprint density at radius 1 is 1.00 bits per heavy atom. The van der Waals surface area contributed by atoms with Gasteiger partial charge in [-0.2, -0.15) is 0 Å². The average molecular weight is 445 g/mol. The van der Waals surface area contributed by atoms with Crippen LogP contribution in [0.4, 0.5) is 0 Å². The molecule has 0 aliphatic heterocycles. The quantitative estimate of drug-likeness (QED) is 0.608. The van der Waals surface area contributed by atoms with Crippen LogP contribution in [0, 0.1) is 0 Å². The van der Waals surface area contributed by atoms with Crippen molar-refractivity contribution in [2.75, 3.05) is 0 Å². The van der Waals surface area contributed by atoms with Gasteiger partial charge in [-0.25, -0.2) is 0 Å². The van der Waals surface area contributed by atoms with E-state index in [9.17, 15) is 9.59 Å². The number of nitrogens with zero attached hydrogens (tertiary/aromatic N) is 1. The largest absolute Gasteiger partial charge is 0.352 e. The molecule has 2 unspecified atom stereocenters. The molecule has 0 saturated heterocycles. The van der Waals surface area contributed by atoms with Crippen LogP contribution in [0.1, 0.15) is 44.7 Å². The Labute approximate surface area is 176 Å². The van der Waals surface area contributed by atoms with Gasteiger partial charge in [-0.1, -0.05) is 65.3 Å². The third kappa shape index (κ3) is 6.79. The van der Waals surface area contributed by atoms with E-state index in [-0.39, 0.29) is 17.9 Å². The van der Waals surface area contributed by atoms with E-state index in [1.54, 1.807) is 11.8 Å². The second kappa shape index (κ2) is 11.0. The van der Waals surface area contributed by atoms with Crippen LogP contribution in [0.15, 0.2) is 59.1 Å². The van der Waals surface area contributed by atoms with Gasteiger partial charge in [0, 0.05) is 23.5 Å². The lowest BCUT2D eigenvalue weighted by atomic mass is 10.1. The molecule has 5 heteroatoms. The highest BCUT2D eigenvalue weighted by atomic mass is 79.9. The molecule has 2 rings (SSSR count). The molecule has 0 saturated carbocycles. The third-order valence-corrected chi connectivity index (χ3v) is 5.43. The van der Waals surface area contributed by atoms with E-state index in [1.165, 1.54) is 0 Å². The maximum atomic E-state index is 13.0. The minimum absolute atomic E-state index is 0.0152. The molecule has 0 aromatic heterocycles. The van der Waals surface area contributed by atoms with Crippen LogP contribution in [0.25, 0.3) is 0 Å². The van der Waals surface area contributed by atoms with Crippen molar-refractivity contribution in [1.82, 2.24) is 10.2 Å². The number of nitrogens with one attached hydrogen (secondary N) is 1. The number of hydrogen-bond donors (Lipinski definition) is 1. The first-order chi connectivity index (χ1) is 13.4. The van der Waals surface area contributed by atoms with Gasteiger partial charge in [-0.15, -0.1) is 0 Å². The van der Waals surface area contributed by atoms with Crippen LogP contribution < -0.4 is 5.32 Å². The highest BCUT2D eigenvalue weighted by Crippen LogP contribution is 2.16. The van der Waals surface area contributed by atoms with Gasteiger partial charge in [-0.05, 0) is 49.9 Å². The molecule has 150 valence electrons. The minimum Gasteiger partial charge on any atom is -0.352 e. The van der Waals surface area contributed by atoms with Crippen LogP contribution in [-0.4, -0.2) is 28.8 Å². The van der Waals surface area contributed by atoms with Crippen molar-refractivity contribution in [2.45, 2.75) is 58.7 Å². The van der Waals surface area contributed by atoms with E-state index in [0.717, 1.165) is 22.0 Å². The van der Waals surface area contributed by atoms with Crippen molar-refractivity contribution in [3.05, 3.63) is 70.2 Å². The summed E-state index contributed by atoms with van der Waals surface area (Å²) in [5.74, 6) is -0.127. The van der Waals surface area contributed by atoms with Gasteiger partial charge >= 0.3 is 0 Å². The molecule has 1 N–H and O–H groups in total. The van der Waals surface area contributed by atoms with Crippen molar-refractivity contribution in [2.24, 2.45) is 0 Å². The van der Waals surface area contributed by atoms with Crippen molar-refractivity contribution in [3.63, 3.8) is 0 Å². The lowest BCUT2D eigenvalue weighted by Crippen LogP contribution is -2.49. The molecule has 0 bridgehead atoms. The molecule has 0 aliphatic carbocycles. The second-order valence-corrected chi connectivity index (χ2v) is 8.04. The molecule has 0 heterocycles. The van der Waals surface area contributed by atoms with Gasteiger partial charge in [0.1, 0.15) is 6.04 Å². The summed E-state index contributed by atoms with van der Waals surface area (Å²) in [5, 5.41) is 2.99. The standard InChI is InChI=1S/C23H29BrN2O2/c1-4-17(2)25-23(28)18(3)26(16-20-10-13-21(24)14-11-20)22(27)15-12-19-8-6-5-7-9-19/h5-11,13-14,17-18H,4,12,15-16H2,1-3H3,(H,25,28). The first-order valence-corrected chi connectivity index (χ1v) is 10.6. The molecule has 0 aliphatic rings. The molecule has 2 atom stereocenters. The third-order valence-electron chi connectivity index (χ3n) is 4.90. The molecular formula is C23H29BrN2O2. The Kier molecular flexibility index (Phi) is 8.71. The summed E-state index contributed by atoms with van der Waals surface area (Å²) in [6.45, 7) is 6.22. The Balaban J connectivity index is 2.12. The molecule has 0 spiro atoms. The van der Waals surface area contributed by atoms with Crippen LogP contribution in [0.2, 0.25) is 0 Å². The fourth-order valence-electron chi connectivity index (χ4n) is 2.87. The van der Waals surface area contributed by atoms with Crippen LogP contribution in [0.5, 0.6) is 0 Å². The first-order valence-electron chi connectivity index (χ1n) is 9.79. The average Bonchev–Trinajstić information content (AvgIpc) is 2.71. The lowest BCUT2D eigenvalue weighted by molar-refractivity contribution is -0.140. The summed E-state index contributed by atoms with van der Waals surface area (Å²) >= 11 is 3.43. The fourth-order valence-corrected chi connectivity index (χ4v) is 3.14. The van der Waals surface area contributed by atoms with E-state index in [1.807, 2.05) is 68.4 Å². The predicted octanol–water partition coefficient (Wildman–Crippen LogP) is 4.71. The van der Waals surface area contributed by atoms with Gasteiger partial charge in [0.25, 0.3) is 0 Å². The number of carbonyl (C=O) groups is 2. The molecule has 2 aromatic carbocycles. The topological polar surface area (TPSA) is 49.4 Å². The summed E-state index contributed by atoms with van der Waals surface area (Å²) < 4.78 is 0.987. The van der Waals surface area contributed by atoms with Crippen molar-refractivity contribution in [1.29, 1.82) is 0 Å². The second-order valence-electron chi connectivity index (χ2n) is 7.13. The number of benzene rings is 2. The van der Waals surface area contributed by atoms with Crippen LogP contribution in [0.3, 0.4) is 0 Å². The van der Waals surface area contributed by atoms with Gasteiger partial charge in [0.15, 0.2) is 0 Å². The van der Waals surface area contributed by atoms with Gasteiger partial charge in [-0.3, -0.25) is 9.59 Å². The van der Waals surface area contributed by atoms with Crippen molar-refractivity contribution < 1.29 is 9.59 Å². The molecular weight excluding hydrogens is 416 g/mol. The zero-order valence-corrected chi connectivity index (χ0v) is 18.4. The van der Waals surface area contributed by atoms with Crippen LogP contribution >= 0.6 is 15.9 Å². The number of halogens is 1. The van der Waals surface area contributed by atoms with E-state index >= 15 is 0 Å². The highest BCUT2D eigenvalue weighted by molar-refractivity contribution is 9.10. The Morgan fingerprint density at radius 3 is 2.25 bits per heavy atom. The van der Waals surface area contributed by atoms with E-state index in [4.69, 9.17) is 0 Å². The van der Waals surface area contributed by atoms with Crippen LogP contribution in [-0.2, 0) is 22.6 Å². The zero-order valence-electron chi connectivity index (χ0n) is 16.8. The lowest BCUT2D eigenvalue weighted by Gasteiger charge is -2.30. The molecule has 0 radical (unpaired) electrons. The zero-order chi connectivity index (χ0) is 20.5. The number of aryl methyl sites for hydroxylation is 1. The number of rotatable bonds is 9. The molecule has 0 fully saturated rings. The van der Waals surface area contributed by atoms with E-state index < -0.39 is 6.04 Å². The fraction of sp³-hybridized carbons (Fsp3) is 0.391. The Hall–Kier alpha value is -2.14. The molecule has 2 aromatic rings. The van der Waals surface area contributed by atoms with Crippen molar-refractivity contribution >= 4 is 27.7 Å². The summed E-state index contributed by atoms with van der Waals surface area (Å²) in [7, 11) is 0. The number of carbonyl (C=O) groups excluding carboxylic acids is 2. The highest BCUT2D eigenvalue weighted by Gasteiger charge is 2.26. The maximum absolute atomic E-state index is 13.0. The summed E-state index contributed by atoms with van der Waals surface area (Å²) in [5.41, 5.74) is 2.12. The smallest absolute Gasteiger partial charge is 0.242 e. The number of hydrogen-bond acceptors (Lipinski definition) is 2. The number of amides is 2. The Bertz CT molecular complexity index is 762. The monoisotopic (exact) mass is 444 g/mol. The summed E-state index contributed by atoms with van der Waals surface area (Å²) in [6, 6.07) is 17.4. The SMILES string of the molecule is CCC(C)NC(=O)C(C)N(Cc1ccc(Br)cc1)C(=O)CCc1ccccc1. The molecule has 28 heavy (non-hydrogen) atoms. The maximum Gasteiger partial charge on any atom is 0.242 e. The molecule has 2 amide bonds. The summed E-state index contributed by atoms with van der Waals surface area (Å²) in [6.07, 6.45) is 1.89. The first kappa shape index (κ1) is 22.2. The normalized spacial score (nSPS) is 12.9. The van der Waals surface area contributed by atoms with E-state index in [2.05, 4.69) is 21.2 Å². The summed E-state index contributed by atoms with van der Waals surface area (Å²) in [4.78, 5) is 27.4. The Morgan fingerprint density at radius 2 is 1.64 bits per heavy atom. The predicted molar refractivity (Wildman–Crippen MR) is 117 cm³/mol. The van der Waals surface area contributed by atoms with E-state index in [0.29, 0.717) is 19.4 Å². The van der Waals surface area contributed by atoms with Gasteiger partial charge < -0.3 is 10.2 Å². The molecule has 4 nitrogen and oxygen atoms in total. The minimum atomic E-state index is -0.527. The van der Waals surface area contributed by atoms with Gasteiger partial charge in [0.05, 0.1) is 0 Å².